The molecular weight excluding hydrogens is 204 g/mol. The summed E-state index contributed by atoms with van der Waals surface area (Å²) in [6.45, 7) is 0. The Balaban J connectivity index is 1.98. The van der Waals surface area contributed by atoms with Crippen LogP contribution in [0.15, 0.2) is 24.3 Å². The highest BCUT2D eigenvalue weighted by Crippen LogP contribution is 2.26. The molecule has 4 atom stereocenters. The van der Waals surface area contributed by atoms with E-state index in [4.69, 9.17) is 0 Å². The van der Waals surface area contributed by atoms with E-state index < -0.39 is 0 Å². The minimum atomic E-state index is -0.382. The topological polar surface area (TPSA) is 57.5 Å². The molecule has 0 heterocycles. The van der Waals surface area contributed by atoms with E-state index in [-0.39, 0.29) is 29.8 Å². The van der Waals surface area contributed by atoms with Gasteiger partial charge in [-0.15, -0.1) is 0 Å². The average molecular weight is 222 g/mol. The number of aliphatic hydroxyl groups is 2. The lowest BCUT2D eigenvalue weighted by atomic mass is 9.81. The minimum absolute atomic E-state index is 0.0479. The summed E-state index contributed by atoms with van der Waals surface area (Å²) in [6.07, 6.45) is 9.15. The fourth-order valence-corrected chi connectivity index (χ4v) is 2.36. The van der Waals surface area contributed by atoms with Gasteiger partial charge in [-0.25, -0.2) is 0 Å². The smallest absolute Gasteiger partial charge is 0.146 e. The Bertz CT molecular complexity index is 289. The van der Waals surface area contributed by atoms with E-state index in [0.717, 1.165) is 12.8 Å². The van der Waals surface area contributed by atoms with Crippen molar-refractivity contribution >= 4 is 5.78 Å². The number of carbonyl (C=O) groups is 1. The summed E-state index contributed by atoms with van der Waals surface area (Å²) in [5, 5.41) is 18.6. The van der Waals surface area contributed by atoms with Gasteiger partial charge in [0.1, 0.15) is 5.78 Å². The van der Waals surface area contributed by atoms with Gasteiger partial charge in [0, 0.05) is 11.8 Å². The van der Waals surface area contributed by atoms with Crippen LogP contribution in [-0.2, 0) is 4.79 Å². The number of carbonyl (C=O) groups excluding carboxylic acids is 1. The fraction of sp³-hybridized carbons (Fsp3) is 0.615. The van der Waals surface area contributed by atoms with Gasteiger partial charge >= 0.3 is 0 Å². The molecule has 2 N–H and O–H groups in total. The quantitative estimate of drug-likeness (QED) is 0.690. The predicted molar refractivity (Wildman–Crippen MR) is 60.7 cm³/mol. The van der Waals surface area contributed by atoms with Crippen molar-refractivity contribution in [3.05, 3.63) is 24.3 Å². The lowest BCUT2D eigenvalue weighted by Crippen LogP contribution is -2.27. The molecule has 2 aliphatic carbocycles. The molecule has 88 valence electrons. The Morgan fingerprint density at radius 3 is 1.56 bits per heavy atom. The monoisotopic (exact) mass is 222 g/mol. The second-order valence-corrected chi connectivity index (χ2v) is 4.67. The number of ketones is 1. The van der Waals surface area contributed by atoms with Crippen LogP contribution in [0.1, 0.15) is 25.7 Å². The molecule has 0 bridgehead atoms. The van der Waals surface area contributed by atoms with Crippen LogP contribution < -0.4 is 0 Å². The molecule has 0 fully saturated rings. The number of aliphatic hydroxyl groups excluding tert-OH is 2. The van der Waals surface area contributed by atoms with Gasteiger partial charge in [0.05, 0.1) is 12.2 Å². The number of Topliss-reactive ketones (excluding diaryl/α,β-unsaturated/α-hetero) is 1. The average Bonchev–Trinajstić information content (AvgIpc) is 2.30. The standard InChI is InChI=1S/C13H18O3/c14-11-5-1-9(2-6-11)13(16)10-3-7-12(15)8-4-10/h1,3,5,7,9-12,14-15H,2,4,6,8H2/t9-,10?,11+,12-/m0/s1. The summed E-state index contributed by atoms with van der Waals surface area (Å²) in [5.41, 5.74) is 0. The minimum Gasteiger partial charge on any atom is -0.389 e. The molecular formula is C13H18O3. The molecule has 3 heteroatoms. The van der Waals surface area contributed by atoms with Gasteiger partial charge in [-0.3, -0.25) is 4.79 Å². The first-order valence-electron chi connectivity index (χ1n) is 5.93. The lowest BCUT2D eigenvalue weighted by Gasteiger charge is -2.24. The van der Waals surface area contributed by atoms with Crippen LogP contribution in [-0.4, -0.2) is 28.2 Å². The largest absolute Gasteiger partial charge is 0.389 e. The van der Waals surface area contributed by atoms with Gasteiger partial charge in [0.25, 0.3) is 0 Å². The van der Waals surface area contributed by atoms with E-state index in [1.807, 2.05) is 12.2 Å². The molecule has 3 nitrogen and oxygen atoms in total. The van der Waals surface area contributed by atoms with Crippen molar-refractivity contribution in [3.63, 3.8) is 0 Å². The maximum Gasteiger partial charge on any atom is 0.146 e. The highest BCUT2D eigenvalue weighted by molar-refractivity contribution is 5.86. The van der Waals surface area contributed by atoms with Gasteiger partial charge in [-0.2, -0.15) is 0 Å². The van der Waals surface area contributed by atoms with Crippen LogP contribution in [0, 0.1) is 11.8 Å². The maximum absolute atomic E-state index is 12.1. The third-order valence-electron chi connectivity index (χ3n) is 3.41. The number of hydrogen-bond acceptors (Lipinski definition) is 3. The van der Waals surface area contributed by atoms with Crippen LogP contribution in [0.5, 0.6) is 0 Å². The van der Waals surface area contributed by atoms with E-state index in [9.17, 15) is 15.0 Å². The van der Waals surface area contributed by atoms with Crippen LogP contribution in [0.3, 0.4) is 0 Å². The third kappa shape index (κ3) is 2.60. The summed E-state index contributed by atoms with van der Waals surface area (Å²) < 4.78 is 0. The van der Waals surface area contributed by atoms with Crippen molar-refractivity contribution in [2.24, 2.45) is 11.8 Å². The van der Waals surface area contributed by atoms with E-state index in [1.165, 1.54) is 0 Å². The lowest BCUT2D eigenvalue weighted by molar-refractivity contribution is -0.124. The predicted octanol–water partition coefficient (Wildman–Crippen LogP) is 1.21. The number of rotatable bonds is 2. The van der Waals surface area contributed by atoms with E-state index in [0.29, 0.717) is 12.8 Å². The number of hydrogen-bond donors (Lipinski definition) is 2. The van der Waals surface area contributed by atoms with Crippen LogP contribution in [0.4, 0.5) is 0 Å². The van der Waals surface area contributed by atoms with Gasteiger partial charge in [-0.05, 0) is 25.7 Å². The third-order valence-corrected chi connectivity index (χ3v) is 3.41. The van der Waals surface area contributed by atoms with E-state index >= 15 is 0 Å². The van der Waals surface area contributed by atoms with Gasteiger partial charge in [0.2, 0.25) is 0 Å². The fourth-order valence-electron chi connectivity index (χ4n) is 2.36. The zero-order valence-corrected chi connectivity index (χ0v) is 9.25. The van der Waals surface area contributed by atoms with Crippen LogP contribution in [0.25, 0.3) is 0 Å². The molecule has 0 spiro atoms. The van der Waals surface area contributed by atoms with Crippen molar-refractivity contribution in [2.75, 3.05) is 0 Å². The van der Waals surface area contributed by atoms with Gasteiger partial charge in [0.15, 0.2) is 0 Å². The molecule has 2 rings (SSSR count). The highest BCUT2D eigenvalue weighted by Gasteiger charge is 2.27. The van der Waals surface area contributed by atoms with E-state index in [1.54, 1.807) is 12.2 Å². The molecule has 1 unspecified atom stereocenters. The SMILES string of the molecule is O=C(C1C=C[C@H](O)CC1)[C@H]1C=C[C@@H](O)CC1. The number of allylic oxidation sites excluding steroid dienone is 2. The van der Waals surface area contributed by atoms with Crippen molar-refractivity contribution in [3.8, 4) is 0 Å². The summed E-state index contributed by atoms with van der Waals surface area (Å²) in [7, 11) is 0. The molecule has 0 radical (unpaired) electrons. The first-order valence-corrected chi connectivity index (χ1v) is 5.93. The molecule has 0 aromatic rings. The summed E-state index contributed by atoms with van der Waals surface area (Å²) >= 11 is 0. The van der Waals surface area contributed by atoms with Crippen LogP contribution >= 0.6 is 0 Å². The Hall–Kier alpha value is -0.930. The second kappa shape index (κ2) is 4.93. The molecule has 0 amide bonds. The normalized spacial score (nSPS) is 38.6. The van der Waals surface area contributed by atoms with Crippen LogP contribution in [0.2, 0.25) is 0 Å². The first-order chi connectivity index (χ1) is 7.66. The summed E-state index contributed by atoms with van der Waals surface area (Å²) in [6, 6.07) is 0. The Kier molecular flexibility index (Phi) is 3.56. The van der Waals surface area contributed by atoms with Gasteiger partial charge in [-0.1, -0.05) is 24.3 Å². The molecule has 16 heavy (non-hydrogen) atoms. The van der Waals surface area contributed by atoms with Crippen molar-refractivity contribution in [1.82, 2.24) is 0 Å². The zero-order chi connectivity index (χ0) is 11.5. The molecule has 0 aliphatic heterocycles. The molecule has 2 aliphatic rings. The summed E-state index contributed by atoms with van der Waals surface area (Å²) in [4.78, 5) is 12.1. The molecule has 0 aromatic heterocycles. The molecule has 0 saturated heterocycles. The Morgan fingerprint density at radius 2 is 1.25 bits per heavy atom. The molecule has 0 aromatic carbocycles. The summed E-state index contributed by atoms with van der Waals surface area (Å²) in [5.74, 6) is 0.132. The maximum atomic E-state index is 12.1. The Morgan fingerprint density at radius 1 is 0.812 bits per heavy atom. The van der Waals surface area contributed by atoms with Gasteiger partial charge < -0.3 is 10.2 Å². The van der Waals surface area contributed by atoms with Crippen molar-refractivity contribution in [2.45, 2.75) is 37.9 Å². The zero-order valence-electron chi connectivity index (χ0n) is 9.25. The second-order valence-electron chi connectivity index (χ2n) is 4.67. The highest BCUT2D eigenvalue weighted by atomic mass is 16.3. The van der Waals surface area contributed by atoms with Crippen molar-refractivity contribution in [1.29, 1.82) is 0 Å². The van der Waals surface area contributed by atoms with E-state index in [2.05, 4.69) is 0 Å². The molecule has 0 saturated carbocycles. The van der Waals surface area contributed by atoms with Crippen molar-refractivity contribution < 1.29 is 15.0 Å². The first kappa shape index (κ1) is 11.6. The Labute approximate surface area is 95.5 Å².